The molecule has 1 saturated heterocycles. The lowest BCUT2D eigenvalue weighted by Gasteiger charge is -2.34. The highest BCUT2D eigenvalue weighted by Crippen LogP contribution is 2.50. The minimum Gasteiger partial charge on any atom is -0.493 e. The summed E-state index contributed by atoms with van der Waals surface area (Å²) in [6, 6.07) is 27.6. The summed E-state index contributed by atoms with van der Waals surface area (Å²) in [5, 5.41) is 0. The Balaban J connectivity index is 1.47. The standard InChI is InChI=1S/C27H25NO3/c1-19-23-18-30-24-15-9-8-14-22(24)26(23)28(16-20-10-4-2-5-11-20)25(19)27(29)31-17-21-12-6-3-7-13-21/h2-15,23,25-26H,1,16-18H2/t23-,25+,26-/m0/s1. The van der Waals surface area contributed by atoms with E-state index in [0.29, 0.717) is 13.2 Å². The fourth-order valence-electron chi connectivity index (χ4n) is 4.72. The molecule has 31 heavy (non-hydrogen) atoms. The molecule has 0 radical (unpaired) electrons. The van der Waals surface area contributed by atoms with Gasteiger partial charge in [0.05, 0.1) is 6.61 Å². The zero-order valence-corrected chi connectivity index (χ0v) is 17.3. The van der Waals surface area contributed by atoms with E-state index in [4.69, 9.17) is 9.47 Å². The van der Waals surface area contributed by atoms with E-state index in [9.17, 15) is 4.79 Å². The average Bonchev–Trinajstić information content (AvgIpc) is 3.10. The van der Waals surface area contributed by atoms with Crippen molar-refractivity contribution in [3.8, 4) is 5.75 Å². The number of para-hydroxylation sites is 1. The van der Waals surface area contributed by atoms with Crippen LogP contribution in [0.25, 0.3) is 0 Å². The molecule has 0 amide bonds. The number of ether oxygens (including phenoxy) is 2. The minimum absolute atomic E-state index is 0.0342. The summed E-state index contributed by atoms with van der Waals surface area (Å²) in [5.41, 5.74) is 4.10. The first-order chi connectivity index (χ1) is 15.2. The van der Waals surface area contributed by atoms with Crippen LogP contribution in [0.2, 0.25) is 0 Å². The number of likely N-dealkylation sites (tertiary alicyclic amines) is 1. The Hall–Kier alpha value is -3.37. The molecule has 1 fully saturated rings. The number of nitrogens with zero attached hydrogens (tertiary/aromatic N) is 1. The van der Waals surface area contributed by atoms with E-state index >= 15 is 0 Å². The molecule has 3 aromatic carbocycles. The number of fused-ring (bicyclic) bond motifs is 3. The predicted molar refractivity (Wildman–Crippen MR) is 119 cm³/mol. The van der Waals surface area contributed by atoms with Gasteiger partial charge in [-0.15, -0.1) is 0 Å². The number of hydrogen-bond donors (Lipinski definition) is 0. The van der Waals surface area contributed by atoms with Crippen molar-refractivity contribution in [2.45, 2.75) is 25.2 Å². The molecule has 156 valence electrons. The number of benzene rings is 3. The Kier molecular flexibility index (Phi) is 5.31. The van der Waals surface area contributed by atoms with Gasteiger partial charge in [-0.05, 0) is 22.8 Å². The van der Waals surface area contributed by atoms with Gasteiger partial charge in [0.1, 0.15) is 18.4 Å². The maximum atomic E-state index is 13.3. The average molecular weight is 412 g/mol. The van der Waals surface area contributed by atoms with Crippen molar-refractivity contribution in [1.29, 1.82) is 0 Å². The van der Waals surface area contributed by atoms with Crippen molar-refractivity contribution < 1.29 is 14.3 Å². The first kappa shape index (κ1) is 19.6. The molecular weight excluding hydrogens is 386 g/mol. The largest absolute Gasteiger partial charge is 0.493 e. The van der Waals surface area contributed by atoms with Gasteiger partial charge in [-0.3, -0.25) is 4.90 Å². The summed E-state index contributed by atoms with van der Waals surface area (Å²) in [6.07, 6.45) is 0. The lowest BCUT2D eigenvalue weighted by molar-refractivity contribution is -0.149. The van der Waals surface area contributed by atoms with Crippen LogP contribution in [-0.2, 0) is 22.7 Å². The van der Waals surface area contributed by atoms with E-state index in [0.717, 1.165) is 28.0 Å². The Morgan fingerprint density at radius 3 is 2.32 bits per heavy atom. The molecule has 0 spiro atoms. The molecule has 4 nitrogen and oxygen atoms in total. The summed E-state index contributed by atoms with van der Waals surface area (Å²) in [6.45, 7) is 5.75. The number of rotatable bonds is 5. The van der Waals surface area contributed by atoms with E-state index in [1.807, 2.05) is 66.7 Å². The van der Waals surface area contributed by atoms with Crippen LogP contribution in [0.4, 0.5) is 0 Å². The number of esters is 1. The van der Waals surface area contributed by atoms with Gasteiger partial charge < -0.3 is 9.47 Å². The van der Waals surface area contributed by atoms with Crippen molar-refractivity contribution in [3.05, 3.63) is 114 Å². The molecule has 0 unspecified atom stereocenters. The molecule has 0 aliphatic carbocycles. The summed E-state index contributed by atoms with van der Waals surface area (Å²) < 4.78 is 11.8. The Bertz CT molecular complexity index is 1080. The van der Waals surface area contributed by atoms with Crippen LogP contribution < -0.4 is 4.74 Å². The molecule has 2 aliphatic rings. The lowest BCUT2D eigenvalue weighted by Crippen LogP contribution is -2.39. The Labute approximate surface area is 182 Å². The molecule has 2 heterocycles. The lowest BCUT2D eigenvalue weighted by atomic mass is 9.88. The third kappa shape index (κ3) is 3.75. The minimum atomic E-state index is -0.506. The van der Waals surface area contributed by atoms with Gasteiger partial charge in [0.2, 0.25) is 0 Å². The van der Waals surface area contributed by atoms with E-state index in [1.54, 1.807) is 0 Å². The van der Waals surface area contributed by atoms with Gasteiger partial charge >= 0.3 is 5.97 Å². The molecule has 3 atom stereocenters. The molecule has 5 rings (SSSR count). The third-order valence-corrected chi connectivity index (χ3v) is 6.21. The van der Waals surface area contributed by atoms with Gasteiger partial charge in [-0.2, -0.15) is 0 Å². The quantitative estimate of drug-likeness (QED) is 0.441. The molecule has 0 N–H and O–H groups in total. The zero-order valence-electron chi connectivity index (χ0n) is 17.3. The van der Waals surface area contributed by atoms with Crippen molar-refractivity contribution in [3.63, 3.8) is 0 Å². The van der Waals surface area contributed by atoms with Gasteiger partial charge in [-0.25, -0.2) is 4.79 Å². The highest BCUT2D eigenvalue weighted by molar-refractivity contribution is 5.81. The fourth-order valence-corrected chi connectivity index (χ4v) is 4.72. The summed E-state index contributed by atoms with van der Waals surface area (Å²) >= 11 is 0. The van der Waals surface area contributed by atoms with E-state index in [2.05, 4.69) is 29.7 Å². The topological polar surface area (TPSA) is 38.8 Å². The fraction of sp³-hybridized carbons (Fsp3) is 0.222. The molecule has 3 aromatic rings. The predicted octanol–water partition coefficient (Wildman–Crippen LogP) is 4.92. The molecule has 0 saturated carbocycles. The van der Waals surface area contributed by atoms with Crippen LogP contribution >= 0.6 is 0 Å². The summed E-state index contributed by atoms with van der Waals surface area (Å²) in [7, 11) is 0. The van der Waals surface area contributed by atoms with Crippen molar-refractivity contribution in [1.82, 2.24) is 4.90 Å². The maximum absolute atomic E-state index is 13.3. The van der Waals surface area contributed by atoms with Gasteiger partial charge in [0.25, 0.3) is 0 Å². The summed E-state index contributed by atoms with van der Waals surface area (Å²) in [5.74, 6) is 0.678. The monoisotopic (exact) mass is 411 g/mol. The second kappa shape index (κ2) is 8.40. The van der Waals surface area contributed by atoms with E-state index < -0.39 is 6.04 Å². The van der Waals surface area contributed by atoms with Crippen LogP contribution in [0.3, 0.4) is 0 Å². The maximum Gasteiger partial charge on any atom is 0.328 e. The first-order valence-electron chi connectivity index (χ1n) is 10.6. The van der Waals surface area contributed by atoms with Crippen molar-refractivity contribution in [2.24, 2.45) is 5.92 Å². The van der Waals surface area contributed by atoms with E-state index in [-0.39, 0.29) is 24.5 Å². The normalized spacial score (nSPS) is 22.3. The number of carbonyl (C=O) groups is 1. The van der Waals surface area contributed by atoms with Crippen LogP contribution in [0.5, 0.6) is 5.75 Å². The first-order valence-corrected chi connectivity index (χ1v) is 10.6. The molecule has 0 aromatic heterocycles. The highest BCUT2D eigenvalue weighted by Gasteiger charge is 2.51. The van der Waals surface area contributed by atoms with E-state index in [1.165, 1.54) is 0 Å². The second-order valence-corrected chi connectivity index (χ2v) is 8.13. The van der Waals surface area contributed by atoms with Gasteiger partial charge in [0.15, 0.2) is 0 Å². The van der Waals surface area contributed by atoms with Crippen LogP contribution in [0, 0.1) is 5.92 Å². The Morgan fingerprint density at radius 1 is 0.935 bits per heavy atom. The van der Waals surface area contributed by atoms with Gasteiger partial charge in [-0.1, -0.05) is 85.4 Å². The number of hydrogen-bond acceptors (Lipinski definition) is 4. The van der Waals surface area contributed by atoms with Crippen molar-refractivity contribution in [2.75, 3.05) is 6.61 Å². The molecule has 4 heteroatoms. The number of carbonyl (C=O) groups excluding carboxylic acids is 1. The van der Waals surface area contributed by atoms with Crippen LogP contribution in [-0.4, -0.2) is 23.5 Å². The Morgan fingerprint density at radius 2 is 1.58 bits per heavy atom. The van der Waals surface area contributed by atoms with Crippen LogP contribution in [0.15, 0.2) is 97.1 Å². The van der Waals surface area contributed by atoms with Gasteiger partial charge in [0, 0.05) is 24.1 Å². The van der Waals surface area contributed by atoms with Crippen LogP contribution in [0.1, 0.15) is 22.7 Å². The van der Waals surface area contributed by atoms with Crippen molar-refractivity contribution >= 4 is 5.97 Å². The molecule has 0 bridgehead atoms. The highest BCUT2D eigenvalue weighted by atomic mass is 16.5. The SMILES string of the molecule is C=C1[C@H](C(=O)OCc2ccccc2)N(Cc2ccccc2)[C@H]2c3ccccc3OC[C@@H]12. The smallest absolute Gasteiger partial charge is 0.328 e. The second-order valence-electron chi connectivity index (χ2n) is 8.13. The summed E-state index contributed by atoms with van der Waals surface area (Å²) in [4.78, 5) is 15.6. The molecular formula is C27H25NO3. The third-order valence-electron chi connectivity index (χ3n) is 6.21. The zero-order chi connectivity index (χ0) is 21.2. The molecule has 2 aliphatic heterocycles.